The Labute approximate surface area is 213 Å². The second kappa shape index (κ2) is 10.4. The zero-order valence-corrected chi connectivity index (χ0v) is 21.1. The van der Waals surface area contributed by atoms with E-state index in [0.29, 0.717) is 24.4 Å². The average Bonchev–Trinajstić information content (AvgIpc) is 3.31. The molecule has 0 saturated heterocycles. The van der Waals surface area contributed by atoms with E-state index in [1.165, 1.54) is 29.5 Å². The summed E-state index contributed by atoms with van der Waals surface area (Å²) in [7, 11) is 0. The molecule has 4 rings (SSSR count). The Morgan fingerprint density at radius 3 is 2.57 bits per heavy atom. The van der Waals surface area contributed by atoms with Crippen molar-refractivity contribution in [1.29, 1.82) is 0 Å². The largest absolute Gasteiger partial charge is 0.302 e. The van der Waals surface area contributed by atoms with Crippen LogP contribution < -0.4 is 5.32 Å². The van der Waals surface area contributed by atoms with Crippen LogP contribution >= 0.6 is 27.3 Å². The van der Waals surface area contributed by atoms with Gasteiger partial charge in [-0.2, -0.15) is 0 Å². The molecule has 9 nitrogen and oxygen atoms in total. The third-order valence-electron chi connectivity index (χ3n) is 5.62. The predicted octanol–water partition coefficient (Wildman–Crippen LogP) is 5.58. The number of amides is 3. The number of rotatable bonds is 9. The number of nitro groups is 1. The molecule has 2 aromatic carbocycles. The van der Waals surface area contributed by atoms with Gasteiger partial charge in [-0.25, -0.2) is 4.98 Å². The van der Waals surface area contributed by atoms with Gasteiger partial charge in [0.1, 0.15) is 5.56 Å². The molecule has 0 fully saturated rings. The van der Waals surface area contributed by atoms with E-state index in [1.807, 2.05) is 31.2 Å². The Bertz CT molecular complexity index is 1320. The van der Waals surface area contributed by atoms with Gasteiger partial charge in [0.15, 0.2) is 5.13 Å². The molecule has 1 N–H and O–H groups in total. The van der Waals surface area contributed by atoms with E-state index < -0.39 is 16.7 Å². The monoisotopic (exact) mass is 556 g/mol. The highest BCUT2D eigenvalue weighted by Gasteiger charge is 2.40. The third-order valence-corrected chi connectivity index (χ3v) is 7.03. The van der Waals surface area contributed by atoms with Crippen LogP contribution in [0.25, 0.3) is 11.3 Å². The molecule has 1 aliphatic rings. The van der Waals surface area contributed by atoms with Gasteiger partial charge in [0.05, 0.1) is 16.2 Å². The number of nitrogens with one attached hydrogen (secondary N) is 1. The molecule has 11 heteroatoms. The third kappa shape index (κ3) is 5.30. The van der Waals surface area contributed by atoms with Crippen molar-refractivity contribution < 1.29 is 19.3 Å². The number of thiazole rings is 1. The number of nitro benzene ring substituents is 1. The van der Waals surface area contributed by atoms with E-state index in [9.17, 15) is 24.5 Å². The van der Waals surface area contributed by atoms with E-state index in [0.717, 1.165) is 25.5 Å². The van der Waals surface area contributed by atoms with E-state index in [-0.39, 0.29) is 35.7 Å². The number of anilines is 1. The first kappa shape index (κ1) is 24.7. The van der Waals surface area contributed by atoms with Crippen LogP contribution in [0.15, 0.2) is 46.9 Å². The number of nitrogens with zero attached hydrogens (tertiary/aromatic N) is 3. The van der Waals surface area contributed by atoms with Gasteiger partial charge in [-0.05, 0) is 38.0 Å². The quantitative estimate of drug-likeness (QED) is 0.159. The maximum absolute atomic E-state index is 12.6. The van der Waals surface area contributed by atoms with Crippen LogP contribution in [0.3, 0.4) is 0 Å². The van der Waals surface area contributed by atoms with E-state index in [1.54, 1.807) is 0 Å². The molecule has 2 heterocycles. The number of aromatic nitrogens is 1. The standard InChI is InChI=1S/C24H21BrN4O5S/c1-14-21(15-9-11-16(25)12-10-15)27-24(35-14)26-19(30)8-3-2-4-13-28-22(31)17-6-5-7-18(29(33)34)20(17)23(28)32/h5-7,9-12H,2-4,8,13H2,1H3,(H,26,27,30). The normalized spacial score (nSPS) is 12.7. The van der Waals surface area contributed by atoms with Gasteiger partial charge in [-0.15, -0.1) is 11.3 Å². The van der Waals surface area contributed by atoms with Crippen molar-refractivity contribution in [3.8, 4) is 11.3 Å². The molecular formula is C24H21BrN4O5S. The molecule has 180 valence electrons. The van der Waals surface area contributed by atoms with Crippen LogP contribution in [0, 0.1) is 17.0 Å². The van der Waals surface area contributed by atoms with Crippen LogP contribution in [-0.4, -0.2) is 39.1 Å². The zero-order chi connectivity index (χ0) is 25.1. The maximum Gasteiger partial charge on any atom is 0.282 e. The first-order valence-corrected chi connectivity index (χ1v) is 12.5. The summed E-state index contributed by atoms with van der Waals surface area (Å²) in [6.45, 7) is 2.10. The summed E-state index contributed by atoms with van der Waals surface area (Å²) < 4.78 is 0.979. The molecule has 3 amide bonds. The molecule has 0 radical (unpaired) electrons. The lowest BCUT2D eigenvalue weighted by Gasteiger charge is -2.13. The molecule has 0 aliphatic carbocycles. The van der Waals surface area contributed by atoms with Crippen molar-refractivity contribution >= 4 is 55.8 Å². The number of aryl methyl sites for hydroxylation is 1. The fourth-order valence-corrected chi connectivity index (χ4v) is 5.03. The molecular weight excluding hydrogens is 536 g/mol. The van der Waals surface area contributed by atoms with Crippen molar-refractivity contribution in [2.24, 2.45) is 0 Å². The van der Waals surface area contributed by atoms with Gasteiger partial charge in [0.2, 0.25) is 5.91 Å². The number of halogens is 1. The summed E-state index contributed by atoms with van der Waals surface area (Å²) in [6, 6.07) is 11.9. The second-order valence-electron chi connectivity index (χ2n) is 8.01. The highest BCUT2D eigenvalue weighted by Crippen LogP contribution is 2.32. The van der Waals surface area contributed by atoms with Gasteiger partial charge in [-0.1, -0.05) is 40.5 Å². The number of benzene rings is 2. The lowest BCUT2D eigenvalue weighted by Crippen LogP contribution is -2.30. The maximum atomic E-state index is 12.6. The SMILES string of the molecule is Cc1sc(NC(=O)CCCCCN2C(=O)c3cccc([N+](=O)[O-])c3C2=O)nc1-c1ccc(Br)cc1. The first-order valence-electron chi connectivity index (χ1n) is 10.9. The number of carbonyl (C=O) groups is 3. The minimum absolute atomic E-state index is 0.0600. The van der Waals surface area contributed by atoms with Crippen LogP contribution in [0.5, 0.6) is 0 Å². The Morgan fingerprint density at radius 2 is 1.86 bits per heavy atom. The fraction of sp³-hybridized carbons (Fsp3) is 0.250. The average molecular weight is 557 g/mol. The number of hydrogen-bond acceptors (Lipinski definition) is 7. The fourth-order valence-electron chi connectivity index (χ4n) is 3.91. The van der Waals surface area contributed by atoms with Crippen LogP contribution in [0.1, 0.15) is 51.3 Å². The number of carbonyl (C=O) groups excluding carboxylic acids is 3. The Hall–Kier alpha value is -3.44. The van der Waals surface area contributed by atoms with E-state index in [2.05, 4.69) is 26.2 Å². The summed E-state index contributed by atoms with van der Waals surface area (Å²) in [5.41, 5.74) is 1.36. The number of fused-ring (bicyclic) bond motifs is 1. The topological polar surface area (TPSA) is 123 Å². The molecule has 0 atom stereocenters. The van der Waals surface area contributed by atoms with Gasteiger partial charge in [0.25, 0.3) is 17.5 Å². The molecule has 35 heavy (non-hydrogen) atoms. The van der Waals surface area contributed by atoms with Crippen molar-refractivity contribution in [3.05, 3.63) is 73.1 Å². The summed E-state index contributed by atoms with van der Waals surface area (Å²) in [5, 5.41) is 14.6. The Morgan fingerprint density at radius 1 is 1.11 bits per heavy atom. The van der Waals surface area contributed by atoms with Crippen LogP contribution in [0.4, 0.5) is 10.8 Å². The van der Waals surface area contributed by atoms with Gasteiger partial charge in [0, 0.05) is 33.9 Å². The van der Waals surface area contributed by atoms with Gasteiger partial charge < -0.3 is 5.32 Å². The van der Waals surface area contributed by atoms with Crippen molar-refractivity contribution in [1.82, 2.24) is 9.88 Å². The van der Waals surface area contributed by atoms with E-state index >= 15 is 0 Å². The van der Waals surface area contributed by atoms with Gasteiger partial charge in [-0.3, -0.25) is 29.4 Å². The lowest BCUT2D eigenvalue weighted by atomic mass is 10.1. The molecule has 0 saturated carbocycles. The minimum Gasteiger partial charge on any atom is -0.302 e. The Kier molecular flexibility index (Phi) is 7.37. The number of hydrogen-bond donors (Lipinski definition) is 1. The highest BCUT2D eigenvalue weighted by atomic mass is 79.9. The van der Waals surface area contributed by atoms with Crippen molar-refractivity contribution in [3.63, 3.8) is 0 Å². The lowest BCUT2D eigenvalue weighted by molar-refractivity contribution is -0.385. The van der Waals surface area contributed by atoms with Crippen molar-refractivity contribution in [2.75, 3.05) is 11.9 Å². The molecule has 0 unspecified atom stereocenters. The smallest absolute Gasteiger partial charge is 0.282 e. The molecule has 1 aromatic heterocycles. The Balaban J connectivity index is 1.25. The molecule has 1 aliphatic heterocycles. The second-order valence-corrected chi connectivity index (χ2v) is 10.1. The summed E-state index contributed by atoms with van der Waals surface area (Å²) in [6.07, 6.45) is 1.96. The van der Waals surface area contributed by atoms with Gasteiger partial charge >= 0.3 is 0 Å². The predicted molar refractivity (Wildman–Crippen MR) is 136 cm³/mol. The summed E-state index contributed by atoms with van der Waals surface area (Å²) in [4.78, 5) is 54.6. The van der Waals surface area contributed by atoms with Crippen LogP contribution in [-0.2, 0) is 4.79 Å². The molecule has 0 spiro atoms. The van der Waals surface area contributed by atoms with E-state index in [4.69, 9.17) is 0 Å². The highest BCUT2D eigenvalue weighted by molar-refractivity contribution is 9.10. The summed E-state index contributed by atoms with van der Waals surface area (Å²) >= 11 is 4.83. The van der Waals surface area contributed by atoms with Crippen LogP contribution in [0.2, 0.25) is 0 Å². The van der Waals surface area contributed by atoms with Crippen molar-refractivity contribution in [2.45, 2.75) is 32.6 Å². The summed E-state index contributed by atoms with van der Waals surface area (Å²) in [5.74, 6) is -1.32. The number of imide groups is 1. The zero-order valence-electron chi connectivity index (χ0n) is 18.7. The molecule has 0 bridgehead atoms. The first-order chi connectivity index (χ1) is 16.8. The minimum atomic E-state index is -0.655. The molecule has 3 aromatic rings. The number of unbranched alkanes of at least 4 members (excludes halogenated alkanes) is 2.